The molecular formula is C25H22FNO5. The van der Waals surface area contributed by atoms with E-state index in [9.17, 15) is 24.4 Å². The Morgan fingerprint density at radius 1 is 1.06 bits per heavy atom. The van der Waals surface area contributed by atoms with Crippen LogP contribution in [-0.2, 0) is 12.8 Å². The molecule has 164 valence electrons. The monoisotopic (exact) mass is 435 g/mol. The van der Waals surface area contributed by atoms with Crippen LogP contribution in [0.15, 0.2) is 78.9 Å². The summed E-state index contributed by atoms with van der Waals surface area (Å²) in [5.41, 5.74) is 5.32. The molecule has 1 aliphatic rings. The Bertz CT molecular complexity index is 1120. The second-order valence-electron chi connectivity index (χ2n) is 7.47. The molecule has 0 aliphatic heterocycles. The van der Waals surface area contributed by atoms with Gasteiger partial charge in [0.05, 0.1) is 17.1 Å². The molecule has 1 aliphatic carbocycles. The number of aliphatic hydroxyl groups excluding tert-OH is 1. The molecular weight excluding hydrogens is 413 g/mol. The maximum Gasteiger partial charge on any atom is 0.335 e. The molecule has 0 fully saturated rings. The van der Waals surface area contributed by atoms with Crippen LogP contribution in [0.2, 0.25) is 0 Å². The zero-order chi connectivity index (χ0) is 23.3. The fourth-order valence-corrected chi connectivity index (χ4v) is 3.73. The molecule has 3 aromatic carbocycles. The molecule has 0 spiro atoms. The van der Waals surface area contributed by atoms with Crippen molar-refractivity contribution in [2.24, 2.45) is 0 Å². The second kappa shape index (κ2) is 9.98. The van der Waals surface area contributed by atoms with Gasteiger partial charge in [-0.15, -0.1) is 0 Å². The molecule has 3 aromatic rings. The average molecular weight is 435 g/mol. The molecule has 1 unspecified atom stereocenters. The zero-order valence-electron chi connectivity index (χ0n) is 17.2. The maximum absolute atomic E-state index is 13.5. The molecule has 32 heavy (non-hydrogen) atoms. The molecule has 0 heterocycles. The van der Waals surface area contributed by atoms with Crippen molar-refractivity contribution in [3.63, 3.8) is 0 Å². The third kappa shape index (κ3) is 5.25. The lowest BCUT2D eigenvalue weighted by Gasteiger charge is -2.19. The van der Waals surface area contributed by atoms with E-state index in [-0.39, 0.29) is 29.6 Å². The van der Waals surface area contributed by atoms with E-state index in [2.05, 4.69) is 18.7 Å². The number of carboxylic acids is 1. The molecule has 7 heteroatoms. The molecule has 0 aromatic heterocycles. The fourth-order valence-electron chi connectivity index (χ4n) is 3.73. The lowest BCUT2D eigenvalue weighted by molar-refractivity contribution is -0.384. The van der Waals surface area contributed by atoms with Crippen LogP contribution < -0.4 is 0 Å². The van der Waals surface area contributed by atoms with Crippen LogP contribution in [0.3, 0.4) is 0 Å². The molecule has 0 saturated carbocycles. The van der Waals surface area contributed by atoms with Crippen LogP contribution in [0.25, 0.3) is 0 Å². The lowest BCUT2D eigenvalue weighted by Crippen LogP contribution is -2.09. The van der Waals surface area contributed by atoms with Crippen LogP contribution in [0.5, 0.6) is 0 Å². The van der Waals surface area contributed by atoms with Crippen molar-refractivity contribution in [2.45, 2.75) is 18.8 Å². The normalized spacial score (nSPS) is 14.1. The van der Waals surface area contributed by atoms with Crippen LogP contribution in [-0.4, -0.2) is 27.7 Å². The summed E-state index contributed by atoms with van der Waals surface area (Å²) in [6.45, 7) is 3.95. The van der Waals surface area contributed by atoms with Gasteiger partial charge in [-0.3, -0.25) is 10.1 Å². The summed E-state index contributed by atoms with van der Waals surface area (Å²) in [6, 6.07) is 17.9. The van der Waals surface area contributed by atoms with Crippen LogP contribution in [0.1, 0.15) is 38.5 Å². The van der Waals surface area contributed by atoms with Crippen LogP contribution in [0.4, 0.5) is 10.1 Å². The second-order valence-corrected chi connectivity index (χ2v) is 7.47. The van der Waals surface area contributed by atoms with Gasteiger partial charge in [0.2, 0.25) is 0 Å². The van der Waals surface area contributed by atoms with Gasteiger partial charge in [0, 0.05) is 18.1 Å². The van der Waals surface area contributed by atoms with Crippen molar-refractivity contribution in [3.05, 3.63) is 123 Å². The number of rotatable bonds is 4. The maximum atomic E-state index is 13.5. The van der Waals surface area contributed by atoms with E-state index in [4.69, 9.17) is 5.11 Å². The molecule has 0 saturated heterocycles. The smallest absolute Gasteiger partial charge is 0.335 e. The number of aromatic carboxylic acids is 1. The Labute approximate surface area is 184 Å². The Morgan fingerprint density at radius 3 is 2.38 bits per heavy atom. The summed E-state index contributed by atoms with van der Waals surface area (Å²) in [6.07, 6.45) is 1.50. The Balaban J connectivity index is 0.000000207. The van der Waals surface area contributed by atoms with Gasteiger partial charge >= 0.3 is 5.97 Å². The molecule has 6 nitrogen and oxygen atoms in total. The van der Waals surface area contributed by atoms with Gasteiger partial charge in [0.25, 0.3) is 5.69 Å². The predicted molar refractivity (Wildman–Crippen MR) is 118 cm³/mol. The molecule has 4 rings (SSSR count). The fraction of sp³-hybridized carbons (Fsp3) is 0.160. The van der Waals surface area contributed by atoms with Crippen molar-refractivity contribution in [1.82, 2.24) is 0 Å². The Hall–Kier alpha value is -3.84. The SMILES string of the molecule is C=C(CO)C1Cc2cc(F)ccc2Cc2ccccc21.O=C(O)c1ccc([N+](=O)[O-])cc1. The van der Waals surface area contributed by atoms with Gasteiger partial charge in [0.1, 0.15) is 5.82 Å². The number of hydrogen-bond acceptors (Lipinski definition) is 4. The molecule has 0 amide bonds. The van der Waals surface area contributed by atoms with Crippen LogP contribution in [0, 0.1) is 15.9 Å². The highest BCUT2D eigenvalue weighted by molar-refractivity contribution is 5.87. The number of non-ortho nitro benzene ring substituents is 1. The summed E-state index contributed by atoms with van der Waals surface area (Å²) in [4.78, 5) is 19.9. The molecule has 1 atom stereocenters. The van der Waals surface area contributed by atoms with Gasteiger partial charge in [-0.1, -0.05) is 36.9 Å². The zero-order valence-corrected chi connectivity index (χ0v) is 17.2. The highest BCUT2D eigenvalue weighted by Crippen LogP contribution is 2.35. The third-order valence-corrected chi connectivity index (χ3v) is 5.42. The minimum atomic E-state index is -1.09. The number of carboxylic acid groups (broad SMARTS) is 1. The topological polar surface area (TPSA) is 101 Å². The van der Waals surface area contributed by atoms with Gasteiger partial charge in [-0.2, -0.15) is 0 Å². The molecule has 2 N–H and O–H groups in total. The summed E-state index contributed by atoms with van der Waals surface area (Å²) in [7, 11) is 0. The van der Waals surface area contributed by atoms with Gasteiger partial charge in [-0.05, 0) is 64.9 Å². The summed E-state index contributed by atoms with van der Waals surface area (Å²) in [5.74, 6) is -1.24. The van der Waals surface area contributed by atoms with E-state index < -0.39 is 10.9 Å². The highest BCUT2D eigenvalue weighted by Gasteiger charge is 2.23. The third-order valence-electron chi connectivity index (χ3n) is 5.42. The van der Waals surface area contributed by atoms with E-state index >= 15 is 0 Å². The first-order chi connectivity index (χ1) is 15.3. The number of carbonyl (C=O) groups is 1. The predicted octanol–water partition coefficient (Wildman–Crippen LogP) is 4.90. The van der Waals surface area contributed by atoms with E-state index in [1.807, 2.05) is 18.2 Å². The number of halogens is 1. The number of fused-ring (bicyclic) bond motifs is 2. The number of hydrogen-bond donors (Lipinski definition) is 2. The quantitative estimate of drug-likeness (QED) is 0.345. The van der Waals surface area contributed by atoms with Crippen molar-refractivity contribution in [3.8, 4) is 0 Å². The number of aliphatic hydroxyl groups is 1. The van der Waals surface area contributed by atoms with Crippen molar-refractivity contribution in [2.75, 3.05) is 6.61 Å². The first kappa shape index (κ1) is 22.8. The number of nitro groups is 1. The Kier molecular flexibility index (Phi) is 7.12. The Morgan fingerprint density at radius 2 is 1.75 bits per heavy atom. The average Bonchev–Trinajstić information content (AvgIpc) is 2.95. The summed E-state index contributed by atoms with van der Waals surface area (Å²) >= 11 is 0. The standard InChI is InChI=1S/C18H17FO.C7H5NO4/c1-12(11-20)18-10-15-9-16(19)7-6-13(15)8-14-4-2-3-5-17(14)18;9-7(10)5-1-3-6(4-2-5)8(11)12/h2-7,9,18,20H,1,8,10-11H2;1-4H,(H,9,10). The van der Waals surface area contributed by atoms with Gasteiger partial charge in [0.15, 0.2) is 0 Å². The van der Waals surface area contributed by atoms with Crippen molar-refractivity contribution in [1.29, 1.82) is 0 Å². The van der Waals surface area contributed by atoms with Gasteiger partial charge in [-0.25, -0.2) is 9.18 Å². The van der Waals surface area contributed by atoms with Gasteiger partial charge < -0.3 is 10.2 Å². The lowest BCUT2D eigenvalue weighted by atomic mass is 9.86. The van der Waals surface area contributed by atoms with Crippen LogP contribution >= 0.6 is 0 Å². The highest BCUT2D eigenvalue weighted by atomic mass is 19.1. The van der Waals surface area contributed by atoms with E-state index in [1.54, 1.807) is 6.07 Å². The summed E-state index contributed by atoms with van der Waals surface area (Å²) < 4.78 is 13.5. The minimum absolute atomic E-state index is 0.0380. The van der Waals surface area contributed by atoms with E-state index in [0.717, 1.165) is 35.3 Å². The first-order valence-electron chi connectivity index (χ1n) is 9.91. The van der Waals surface area contributed by atoms with Crippen molar-refractivity contribution < 1.29 is 24.3 Å². The number of benzene rings is 3. The molecule has 0 bridgehead atoms. The van der Waals surface area contributed by atoms with E-state index in [0.29, 0.717) is 6.42 Å². The largest absolute Gasteiger partial charge is 0.478 e. The minimum Gasteiger partial charge on any atom is -0.478 e. The number of nitro benzene ring substituents is 1. The number of nitrogens with zero attached hydrogens (tertiary/aromatic N) is 1. The van der Waals surface area contributed by atoms with E-state index in [1.165, 1.54) is 29.3 Å². The first-order valence-corrected chi connectivity index (χ1v) is 9.91. The summed E-state index contributed by atoms with van der Waals surface area (Å²) in [5, 5.41) is 28.0. The molecule has 0 radical (unpaired) electrons. The van der Waals surface area contributed by atoms with Crippen molar-refractivity contribution >= 4 is 11.7 Å².